The molecule has 0 radical (unpaired) electrons. The molecule has 0 heterocycles. The van der Waals surface area contributed by atoms with Crippen molar-refractivity contribution >= 4 is 11.9 Å². The molecular formula is C26H50O5. The minimum atomic E-state index is -0.129. The molecule has 0 bridgehead atoms. The van der Waals surface area contributed by atoms with Crippen molar-refractivity contribution in [3.63, 3.8) is 0 Å². The van der Waals surface area contributed by atoms with Gasteiger partial charge in [0, 0.05) is 26.6 Å². The average Bonchev–Trinajstić information content (AvgIpc) is 2.77. The first-order chi connectivity index (χ1) is 15.1. The zero-order chi connectivity index (χ0) is 23.0. The van der Waals surface area contributed by atoms with Crippen LogP contribution in [0.2, 0.25) is 0 Å². The van der Waals surface area contributed by atoms with Crippen LogP contribution in [0.4, 0.5) is 0 Å². The van der Waals surface area contributed by atoms with Gasteiger partial charge in [-0.15, -0.1) is 0 Å². The van der Waals surface area contributed by atoms with Crippen molar-refractivity contribution in [2.24, 2.45) is 5.92 Å². The second-order valence-corrected chi connectivity index (χ2v) is 8.73. The number of esters is 2. The minimum absolute atomic E-state index is 0.109. The van der Waals surface area contributed by atoms with Crippen molar-refractivity contribution in [1.82, 2.24) is 0 Å². The SMILES string of the molecule is CCCCCCCCCCOC(=O)CCCCCC(=O)OCC(CCCC)CCOC. The Balaban J connectivity index is 3.56. The number of methoxy groups -OCH3 is 1. The van der Waals surface area contributed by atoms with Crippen LogP contribution < -0.4 is 0 Å². The summed E-state index contributed by atoms with van der Waals surface area (Å²) in [4.78, 5) is 23.7. The fourth-order valence-corrected chi connectivity index (χ4v) is 3.58. The molecule has 0 aromatic rings. The van der Waals surface area contributed by atoms with Crippen molar-refractivity contribution in [2.75, 3.05) is 26.9 Å². The molecule has 0 amide bonds. The van der Waals surface area contributed by atoms with Crippen molar-refractivity contribution in [1.29, 1.82) is 0 Å². The van der Waals surface area contributed by atoms with Crippen LogP contribution in [0.1, 0.15) is 123 Å². The van der Waals surface area contributed by atoms with Gasteiger partial charge in [0.05, 0.1) is 13.2 Å². The average molecular weight is 443 g/mol. The molecule has 0 rings (SSSR count). The normalized spacial score (nSPS) is 12.0. The molecule has 0 aliphatic heterocycles. The fourth-order valence-electron chi connectivity index (χ4n) is 3.58. The largest absolute Gasteiger partial charge is 0.466 e. The Morgan fingerprint density at radius 1 is 0.613 bits per heavy atom. The molecular weight excluding hydrogens is 392 g/mol. The van der Waals surface area contributed by atoms with Gasteiger partial charge in [-0.25, -0.2) is 0 Å². The minimum Gasteiger partial charge on any atom is -0.466 e. The first-order valence-electron chi connectivity index (χ1n) is 12.9. The molecule has 0 aromatic heterocycles. The summed E-state index contributed by atoms with van der Waals surface area (Å²) in [6, 6.07) is 0. The molecule has 5 nitrogen and oxygen atoms in total. The lowest BCUT2D eigenvalue weighted by Crippen LogP contribution is -2.16. The summed E-state index contributed by atoms with van der Waals surface area (Å²) in [5.74, 6) is 0.151. The van der Waals surface area contributed by atoms with Crippen molar-refractivity contribution in [3.05, 3.63) is 0 Å². The molecule has 0 aliphatic carbocycles. The number of carbonyl (C=O) groups excluding carboxylic acids is 2. The van der Waals surface area contributed by atoms with Crippen molar-refractivity contribution in [2.45, 2.75) is 123 Å². The third kappa shape index (κ3) is 21.9. The fraction of sp³-hybridized carbons (Fsp3) is 0.923. The number of rotatable bonds is 23. The Hall–Kier alpha value is -1.10. The van der Waals surface area contributed by atoms with Gasteiger partial charge in [0.2, 0.25) is 0 Å². The van der Waals surface area contributed by atoms with E-state index in [1.165, 1.54) is 38.5 Å². The summed E-state index contributed by atoms with van der Waals surface area (Å²) in [5, 5.41) is 0. The van der Waals surface area contributed by atoms with E-state index in [4.69, 9.17) is 14.2 Å². The first kappa shape index (κ1) is 29.9. The van der Waals surface area contributed by atoms with E-state index in [9.17, 15) is 9.59 Å². The van der Waals surface area contributed by atoms with E-state index >= 15 is 0 Å². The van der Waals surface area contributed by atoms with Crippen LogP contribution in [0.25, 0.3) is 0 Å². The summed E-state index contributed by atoms with van der Waals surface area (Å²) in [7, 11) is 1.70. The zero-order valence-electron chi connectivity index (χ0n) is 20.8. The van der Waals surface area contributed by atoms with Crippen LogP contribution >= 0.6 is 0 Å². The van der Waals surface area contributed by atoms with E-state index in [0.29, 0.717) is 38.6 Å². The van der Waals surface area contributed by atoms with Crippen LogP contribution in [0.5, 0.6) is 0 Å². The van der Waals surface area contributed by atoms with Crippen LogP contribution in [-0.4, -0.2) is 38.9 Å². The Morgan fingerprint density at radius 3 is 1.77 bits per heavy atom. The smallest absolute Gasteiger partial charge is 0.305 e. The van der Waals surface area contributed by atoms with Crippen molar-refractivity contribution < 1.29 is 23.8 Å². The van der Waals surface area contributed by atoms with Gasteiger partial charge in [-0.2, -0.15) is 0 Å². The molecule has 0 aliphatic rings. The molecule has 0 spiro atoms. The Morgan fingerprint density at radius 2 is 1.16 bits per heavy atom. The maximum Gasteiger partial charge on any atom is 0.305 e. The lowest BCUT2D eigenvalue weighted by molar-refractivity contribution is -0.145. The molecule has 0 N–H and O–H groups in total. The molecule has 1 atom stereocenters. The van der Waals surface area contributed by atoms with E-state index < -0.39 is 0 Å². The second kappa shape index (κ2) is 23.6. The number of hydrogen-bond acceptors (Lipinski definition) is 5. The Kier molecular flexibility index (Phi) is 22.7. The Bertz CT molecular complexity index is 403. The maximum atomic E-state index is 11.9. The van der Waals surface area contributed by atoms with Crippen molar-refractivity contribution in [3.8, 4) is 0 Å². The zero-order valence-corrected chi connectivity index (χ0v) is 20.8. The predicted molar refractivity (Wildman–Crippen MR) is 127 cm³/mol. The molecule has 1 unspecified atom stereocenters. The molecule has 0 aromatic carbocycles. The lowest BCUT2D eigenvalue weighted by Gasteiger charge is -2.16. The third-order valence-corrected chi connectivity index (χ3v) is 5.70. The van der Waals surface area contributed by atoms with Crippen LogP contribution in [-0.2, 0) is 23.8 Å². The van der Waals surface area contributed by atoms with Gasteiger partial charge in [0.25, 0.3) is 0 Å². The van der Waals surface area contributed by atoms with Gasteiger partial charge in [-0.05, 0) is 38.0 Å². The quantitative estimate of drug-likeness (QED) is 0.126. The lowest BCUT2D eigenvalue weighted by atomic mass is 10.00. The summed E-state index contributed by atoms with van der Waals surface area (Å²) in [6.45, 7) is 6.15. The molecule has 0 saturated heterocycles. The molecule has 0 fully saturated rings. The molecule has 31 heavy (non-hydrogen) atoms. The summed E-state index contributed by atoms with van der Waals surface area (Å²) in [5.41, 5.74) is 0. The van der Waals surface area contributed by atoms with Crippen LogP contribution in [0.3, 0.4) is 0 Å². The maximum absolute atomic E-state index is 11.9. The van der Waals surface area contributed by atoms with E-state index in [2.05, 4.69) is 13.8 Å². The highest BCUT2D eigenvalue weighted by molar-refractivity contribution is 5.69. The van der Waals surface area contributed by atoms with Gasteiger partial charge in [-0.1, -0.05) is 78.1 Å². The Labute approximate surface area is 192 Å². The number of ether oxygens (including phenoxy) is 3. The predicted octanol–water partition coefficient (Wildman–Crippen LogP) is 7.01. The van der Waals surface area contributed by atoms with Gasteiger partial charge in [0.15, 0.2) is 0 Å². The summed E-state index contributed by atoms with van der Waals surface area (Å²) in [6.07, 6.45) is 17.5. The van der Waals surface area contributed by atoms with E-state index in [1.807, 2.05) is 0 Å². The number of hydrogen-bond donors (Lipinski definition) is 0. The number of unbranched alkanes of at least 4 members (excludes halogenated alkanes) is 10. The first-order valence-corrected chi connectivity index (χ1v) is 12.9. The van der Waals surface area contributed by atoms with Gasteiger partial charge in [0.1, 0.15) is 0 Å². The summed E-state index contributed by atoms with van der Waals surface area (Å²) >= 11 is 0. The highest BCUT2D eigenvalue weighted by atomic mass is 16.5. The van der Waals surface area contributed by atoms with Gasteiger partial charge >= 0.3 is 11.9 Å². The second-order valence-electron chi connectivity index (χ2n) is 8.73. The van der Waals surface area contributed by atoms with Crippen LogP contribution in [0, 0.1) is 5.92 Å². The van der Waals surface area contributed by atoms with E-state index in [0.717, 1.165) is 57.8 Å². The monoisotopic (exact) mass is 442 g/mol. The van der Waals surface area contributed by atoms with E-state index in [-0.39, 0.29) is 11.9 Å². The third-order valence-electron chi connectivity index (χ3n) is 5.70. The highest BCUT2D eigenvalue weighted by Crippen LogP contribution is 2.15. The highest BCUT2D eigenvalue weighted by Gasteiger charge is 2.12. The van der Waals surface area contributed by atoms with Gasteiger partial charge < -0.3 is 14.2 Å². The topological polar surface area (TPSA) is 61.8 Å². The van der Waals surface area contributed by atoms with Crippen LogP contribution in [0.15, 0.2) is 0 Å². The van der Waals surface area contributed by atoms with Gasteiger partial charge in [-0.3, -0.25) is 9.59 Å². The standard InChI is InChI=1S/C26H50O5/c1-4-6-8-9-10-11-12-16-21-30-25(27)18-14-13-15-19-26(28)31-23-24(17-7-5-2)20-22-29-3/h24H,4-23H2,1-3H3. The van der Waals surface area contributed by atoms with E-state index in [1.54, 1.807) is 7.11 Å². The summed E-state index contributed by atoms with van der Waals surface area (Å²) < 4.78 is 15.9. The number of carbonyl (C=O) groups is 2. The molecule has 0 saturated carbocycles. The molecule has 184 valence electrons. The molecule has 5 heteroatoms.